The van der Waals surface area contributed by atoms with E-state index in [9.17, 15) is 4.79 Å². The molecule has 6 heteroatoms. The Hall–Kier alpha value is -3.80. The molecule has 0 spiro atoms. The highest BCUT2D eigenvalue weighted by Crippen LogP contribution is 2.30. The Balaban J connectivity index is 1.52. The molecule has 1 aromatic heterocycles. The molecule has 0 radical (unpaired) electrons. The van der Waals surface area contributed by atoms with Gasteiger partial charge in [0, 0.05) is 17.7 Å². The standard InChI is InChI=1S/C24H22N2O4/c1-3-29-21-12-9-16(13-22(21)28-2)15-25-24(27)18-10-11-20-19(14-18)23(30-26-20)17-7-5-4-6-8-17/h4-14H,3,15H2,1-2H3,(H,25,27). The van der Waals surface area contributed by atoms with Crippen LogP contribution in [-0.2, 0) is 6.54 Å². The summed E-state index contributed by atoms with van der Waals surface area (Å²) in [6.07, 6.45) is 0. The zero-order valence-electron chi connectivity index (χ0n) is 16.8. The number of rotatable bonds is 7. The van der Waals surface area contributed by atoms with Gasteiger partial charge in [-0.15, -0.1) is 0 Å². The molecule has 1 amide bonds. The van der Waals surface area contributed by atoms with E-state index in [2.05, 4.69) is 10.5 Å². The summed E-state index contributed by atoms with van der Waals surface area (Å²) in [5, 5.41) is 7.85. The van der Waals surface area contributed by atoms with E-state index in [1.165, 1.54) is 0 Å². The molecule has 152 valence electrons. The van der Waals surface area contributed by atoms with Crippen molar-refractivity contribution >= 4 is 16.8 Å². The highest BCUT2D eigenvalue weighted by Gasteiger charge is 2.14. The Morgan fingerprint density at radius 2 is 1.87 bits per heavy atom. The summed E-state index contributed by atoms with van der Waals surface area (Å²) in [6, 6.07) is 20.7. The fraction of sp³-hybridized carbons (Fsp3) is 0.167. The lowest BCUT2D eigenvalue weighted by atomic mass is 10.1. The lowest BCUT2D eigenvalue weighted by Gasteiger charge is -2.11. The summed E-state index contributed by atoms with van der Waals surface area (Å²) in [7, 11) is 1.60. The van der Waals surface area contributed by atoms with E-state index >= 15 is 0 Å². The predicted molar refractivity (Wildman–Crippen MR) is 115 cm³/mol. The fourth-order valence-electron chi connectivity index (χ4n) is 3.26. The van der Waals surface area contributed by atoms with Crippen molar-refractivity contribution in [3.8, 4) is 22.8 Å². The van der Waals surface area contributed by atoms with Crippen LogP contribution in [0.2, 0.25) is 0 Å². The first-order valence-electron chi connectivity index (χ1n) is 9.72. The van der Waals surface area contributed by atoms with E-state index < -0.39 is 0 Å². The minimum absolute atomic E-state index is 0.176. The van der Waals surface area contributed by atoms with Crippen LogP contribution in [0, 0.1) is 0 Å². The maximum atomic E-state index is 12.7. The average molecular weight is 402 g/mol. The number of hydrogen-bond donors (Lipinski definition) is 1. The smallest absolute Gasteiger partial charge is 0.251 e. The summed E-state index contributed by atoms with van der Waals surface area (Å²) in [4.78, 5) is 12.7. The van der Waals surface area contributed by atoms with Crippen LogP contribution in [0.25, 0.3) is 22.2 Å². The van der Waals surface area contributed by atoms with Crippen molar-refractivity contribution in [1.29, 1.82) is 0 Å². The quantitative estimate of drug-likeness (QED) is 0.479. The Labute approximate surface area is 174 Å². The van der Waals surface area contributed by atoms with Crippen molar-refractivity contribution in [2.45, 2.75) is 13.5 Å². The third-order valence-electron chi connectivity index (χ3n) is 4.76. The molecule has 0 aliphatic heterocycles. The number of hydrogen-bond acceptors (Lipinski definition) is 5. The lowest BCUT2D eigenvalue weighted by molar-refractivity contribution is 0.0951. The van der Waals surface area contributed by atoms with Crippen molar-refractivity contribution < 1.29 is 18.8 Å². The van der Waals surface area contributed by atoms with Gasteiger partial charge in [0.1, 0.15) is 5.52 Å². The normalized spacial score (nSPS) is 10.7. The first kappa shape index (κ1) is 19.5. The molecule has 0 aliphatic rings. The first-order valence-corrected chi connectivity index (χ1v) is 9.72. The van der Waals surface area contributed by atoms with Crippen molar-refractivity contribution in [2.24, 2.45) is 0 Å². The van der Waals surface area contributed by atoms with E-state index in [-0.39, 0.29) is 5.91 Å². The largest absolute Gasteiger partial charge is 0.493 e. The van der Waals surface area contributed by atoms with Gasteiger partial charge in [-0.25, -0.2) is 0 Å². The molecular weight excluding hydrogens is 380 g/mol. The minimum atomic E-state index is -0.176. The van der Waals surface area contributed by atoms with Crippen molar-refractivity contribution in [3.63, 3.8) is 0 Å². The topological polar surface area (TPSA) is 73.6 Å². The Kier molecular flexibility index (Phi) is 5.66. The van der Waals surface area contributed by atoms with Gasteiger partial charge in [-0.3, -0.25) is 4.79 Å². The monoisotopic (exact) mass is 402 g/mol. The van der Waals surface area contributed by atoms with Gasteiger partial charge in [-0.2, -0.15) is 0 Å². The highest BCUT2D eigenvalue weighted by atomic mass is 16.5. The number of carbonyl (C=O) groups is 1. The molecule has 0 saturated carbocycles. The number of benzene rings is 3. The minimum Gasteiger partial charge on any atom is -0.493 e. The van der Waals surface area contributed by atoms with Gasteiger partial charge in [0.25, 0.3) is 5.91 Å². The molecule has 0 saturated heterocycles. The molecule has 0 bridgehead atoms. The maximum Gasteiger partial charge on any atom is 0.251 e. The van der Waals surface area contributed by atoms with Crippen LogP contribution in [0.1, 0.15) is 22.8 Å². The van der Waals surface area contributed by atoms with Crippen LogP contribution in [-0.4, -0.2) is 24.8 Å². The second-order valence-electron chi connectivity index (χ2n) is 6.71. The van der Waals surface area contributed by atoms with Crippen LogP contribution in [0.3, 0.4) is 0 Å². The van der Waals surface area contributed by atoms with E-state index in [4.69, 9.17) is 14.0 Å². The second kappa shape index (κ2) is 8.69. The SMILES string of the molecule is CCOc1ccc(CNC(=O)c2ccc3noc(-c4ccccc4)c3c2)cc1OC. The first-order chi connectivity index (χ1) is 14.7. The summed E-state index contributed by atoms with van der Waals surface area (Å²) in [5.41, 5.74) is 3.08. The van der Waals surface area contributed by atoms with Crippen LogP contribution in [0.15, 0.2) is 71.3 Å². The number of fused-ring (bicyclic) bond motifs is 1. The van der Waals surface area contributed by atoms with Gasteiger partial charge >= 0.3 is 0 Å². The number of nitrogens with one attached hydrogen (secondary N) is 1. The van der Waals surface area contributed by atoms with E-state index in [0.717, 1.165) is 16.5 Å². The molecule has 0 aliphatic carbocycles. The van der Waals surface area contributed by atoms with Crippen molar-refractivity contribution in [2.75, 3.05) is 13.7 Å². The molecule has 6 nitrogen and oxygen atoms in total. The summed E-state index contributed by atoms with van der Waals surface area (Å²) < 4.78 is 16.4. The third kappa shape index (κ3) is 3.98. The molecular formula is C24H22N2O4. The van der Waals surface area contributed by atoms with Gasteiger partial charge in [0.05, 0.1) is 19.1 Å². The van der Waals surface area contributed by atoms with E-state index in [1.807, 2.05) is 61.5 Å². The predicted octanol–water partition coefficient (Wildman–Crippen LogP) is 4.83. The van der Waals surface area contributed by atoms with Gasteiger partial charge in [-0.05, 0) is 42.8 Å². The Morgan fingerprint density at radius 1 is 1.03 bits per heavy atom. The molecule has 4 rings (SSSR count). The molecule has 1 N–H and O–H groups in total. The van der Waals surface area contributed by atoms with Gasteiger partial charge < -0.3 is 19.3 Å². The van der Waals surface area contributed by atoms with Crippen LogP contribution < -0.4 is 14.8 Å². The zero-order chi connectivity index (χ0) is 20.9. The van der Waals surface area contributed by atoms with E-state index in [1.54, 1.807) is 19.2 Å². The average Bonchev–Trinajstić information content (AvgIpc) is 3.22. The summed E-state index contributed by atoms with van der Waals surface area (Å²) >= 11 is 0. The number of methoxy groups -OCH3 is 1. The molecule has 0 unspecified atom stereocenters. The molecule has 0 atom stereocenters. The zero-order valence-corrected chi connectivity index (χ0v) is 16.8. The summed E-state index contributed by atoms with van der Waals surface area (Å²) in [6.45, 7) is 2.85. The van der Waals surface area contributed by atoms with Crippen LogP contribution >= 0.6 is 0 Å². The number of nitrogens with zero attached hydrogens (tertiary/aromatic N) is 1. The van der Waals surface area contributed by atoms with Gasteiger partial charge in [-0.1, -0.05) is 41.6 Å². The van der Waals surface area contributed by atoms with Gasteiger partial charge in [0.15, 0.2) is 17.3 Å². The van der Waals surface area contributed by atoms with Crippen LogP contribution in [0.4, 0.5) is 0 Å². The molecule has 30 heavy (non-hydrogen) atoms. The number of aromatic nitrogens is 1. The van der Waals surface area contributed by atoms with Crippen molar-refractivity contribution in [1.82, 2.24) is 10.5 Å². The van der Waals surface area contributed by atoms with Crippen molar-refractivity contribution in [3.05, 3.63) is 77.9 Å². The number of carbonyl (C=O) groups excluding carboxylic acids is 1. The molecule has 4 aromatic rings. The van der Waals surface area contributed by atoms with E-state index in [0.29, 0.717) is 41.5 Å². The third-order valence-corrected chi connectivity index (χ3v) is 4.76. The van der Waals surface area contributed by atoms with Gasteiger partial charge in [0.2, 0.25) is 0 Å². The lowest BCUT2D eigenvalue weighted by Crippen LogP contribution is -2.22. The number of ether oxygens (including phenoxy) is 2. The molecule has 3 aromatic carbocycles. The maximum absolute atomic E-state index is 12.7. The molecule has 0 fully saturated rings. The highest BCUT2D eigenvalue weighted by molar-refractivity contribution is 6.00. The fourth-order valence-corrected chi connectivity index (χ4v) is 3.26. The van der Waals surface area contributed by atoms with Crippen LogP contribution in [0.5, 0.6) is 11.5 Å². The Morgan fingerprint density at radius 3 is 2.63 bits per heavy atom. The Bertz CT molecular complexity index is 1170. The summed E-state index contributed by atoms with van der Waals surface area (Å²) in [5.74, 6) is 1.80. The second-order valence-corrected chi connectivity index (χ2v) is 6.71. The number of amides is 1. The molecule has 1 heterocycles.